The van der Waals surface area contributed by atoms with Crippen LogP contribution in [0.2, 0.25) is 0 Å². The Morgan fingerprint density at radius 1 is 1.44 bits per heavy atom. The molecule has 102 valence electrons. The molecular formula is C15H26N2O. The molecule has 3 nitrogen and oxygen atoms in total. The summed E-state index contributed by atoms with van der Waals surface area (Å²) in [5, 5.41) is 3.64. The third-order valence-corrected chi connectivity index (χ3v) is 4.29. The van der Waals surface area contributed by atoms with Gasteiger partial charge < -0.3 is 9.73 Å². The molecule has 1 N–H and O–H groups in total. The fourth-order valence-corrected chi connectivity index (χ4v) is 2.68. The van der Waals surface area contributed by atoms with Crippen LogP contribution < -0.4 is 5.32 Å². The molecule has 2 heterocycles. The van der Waals surface area contributed by atoms with Gasteiger partial charge in [-0.2, -0.15) is 0 Å². The van der Waals surface area contributed by atoms with E-state index in [2.05, 4.69) is 43.1 Å². The van der Waals surface area contributed by atoms with Crippen LogP contribution >= 0.6 is 0 Å². The van der Waals surface area contributed by atoms with Crippen molar-refractivity contribution in [1.29, 1.82) is 0 Å². The number of hydrogen-bond donors (Lipinski definition) is 1. The molecule has 0 aromatic carbocycles. The fraction of sp³-hybridized carbons (Fsp3) is 0.733. The maximum atomic E-state index is 5.76. The van der Waals surface area contributed by atoms with Gasteiger partial charge in [0.05, 0.1) is 6.04 Å². The van der Waals surface area contributed by atoms with Gasteiger partial charge in [-0.15, -0.1) is 0 Å². The molecular weight excluding hydrogens is 224 g/mol. The van der Waals surface area contributed by atoms with E-state index in [4.69, 9.17) is 4.42 Å². The summed E-state index contributed by atoms with van der Waals surface area (Å²) in [6.07, 6.45) is 1.24. The molecule has 0 radical (unpaired) electrons. The molecule has 1 aliphatic rings. The van der Waals surface area contributed by atoms with Gasteiger partial charge in [0.15, 0.2) is 0 Å². The minimum absolute atomic E-state index is 0.382. The van der Waals surface area contributed by atoms with Crippen LogP contribution in [0, 0.1) is 12.8 Å². The first-order valence-corrected chi connectivity index (χ1v) is 7.15. The average molecular weight is 250 g/mol. The number of nitrogens with one attached hydrogen (secondary N) is 1. The van der Waals surface area contributed by atoms with Crippen LogP contribution in [0.3, 0.4) is 0 Å². The van der Waals surface area contributed by atoms with E-state index in [9.17, 15) is 0 Å². The van der Waals surface area contributed by atoms with Gasteiger partial charge in [-0.3, -0.25) is 4.90 Å². The second kappa shape index (κ2) is 5.89. The summed E-state index contributed by atoms with van der Waals surface area (Å²) in [6.45, 7) is 12.2. The topological polar surface area (TPSA) is 28.4 Å². The number of nitrogens with zero attached hydrogens (tertiary/aromatic N) is 1. The van der Waals surface area contributed by atoms with Gasteiger partial charge in [0.1, 0.15) is 11.5 Å². The van der Waals surface area contributed by atoms with E-state index < -0.39 is 0 Å². The molecule has 1 aliphatic heterocycles. The van der Waals surface area contributed by atoms with Crippen molar-refractivity contribution in [3.05, 3.63) is 23.7 Å². The van der Waals surface area contributed by atoms with Crippen LogP contribution in [-0.2, 0) is 0 Å². The third-order valence-electron chi connectivity index (χ3n) is 4.29. The molecule has 0 spiro atoms. The lowest BCUT2D eigenvalue weighted by molar-refractivity contribution is 0.118. The third kappa shape index (κ3) is 2.96. The van der Waals surface area contributed by atoms with Crippen LogP contribution in [0.25, 0.3) is 0 Å². The van der Waals surface area contributed by atoms with Gasteiger partial charge in [0, 0.05) is 25.7 Å². The predicted octanol–water partition coefficient (Wildman–Crippen LogP) is 2.97. The van der Waals surface area contributed by atoms with E-state index in [1.54, 1.807) is 0 Å². The normalized spacial score (nSPS) is 25.0. The first kappa shape index (κ1) is 13.6. The molecule has 18 heavy (non-hydrogen) atoms. The van der Waals surface area contributed by atoms with Crippen molar-refractivity contribution >= 4 is 0 Å². The number of piperazine rings is 1. The minimum Gasteiger partial charge on any atom is -0.465 e. The minimum atomic E-state index is 0.382. The summed E-state index contributed by atoms with van der Waals surface area (Å²) in [5.74, 6) is 2.83. The monoisotopic (exact) mass is 250 g/mol. The highest BCUT2D eigenvalue weighted by atomic mass is 16.3. The Bertz CT molecular complexity index is 374. The number of aryl methyl sites for hydroxylation is 1. The fourth-order valence-electron chi connectivity index (χ4n) is 2.68. The van der Waals surface area contributed by atoms with E-state index in [0.29, 0.717) is 12.1 Å². The maximum absolute atomic E-state index is 5.76. The molecule has 1 fully saturated rings. The molecule has 2 rings (SSSR count). The summed E-state index contributed by atoms with van der Waals surface area (Å²) < 4.78 is 5.76. The molecule has 0 saturated carbocycles. The van der Waals surface area contributed by atoms with Crippen molar-refractivity contribution in [3.63, 3.8) is 0 Å². The van der Waals surface area contributed by atoms with Crippen molar-refractivity contribution in [2.24, 2.45) is 5.92 Å². The summed E-state index contributed by atoms with van der Waals surface area (Å²) in [4.78, 5) is 2.53. The maximum Gasteiger partial charge on any atom is 0.121 e. The molecule has 0 amide bonds. The second-order valence-electron chi connectivity index (χ2n) is 5.57. The number of hydrogen-bond acceptors (Lipinski definition) is 3. The quantitative estimate of drug-likeness (QED) is 0.890. The highest BCUT2D eigenvalue weighted by molar-refractivity contribution is 5.09. The van der Waals surface area contributed by atoms with Crippen LogP contribution in [0.4, 0.5) is 0 Å². The first-order valence-electron chi connectivity index (χ1n) is 7.15. The van der Waals surface area contributed by atoms with Gasteiger partial charge in [0.25, 0.3) is 0 Å². The zero-order valence-electron chi connectivity index (χ0n) is 12.1. The zero-order valence-corrected chi connectivity index (χ0v) is 12.1. The SMILES string of the molecule is CCC(C)C1CN(C(C)c2ccc(C)o2)CCN1. The lowest BCUT2D eigenvalue weighted by atomic mass is 9.96. The lowest BCUT2D eigenvalue weighted by Crippen LogP contribution is -2.53. The Kier molecular flexibility index (Phi) is 4.46. The highest BCUT2D eigenvalue weighted by Gasteiger charge is 2.27. The van der Waals surface area contributed by atoms with Crippen LogP contribution in [-0.4, -0.2) is 30.6 Å². The summed E-state index contributed by atoms with van der Waals surface area (Å²) in [5.41, 5.74) is 0. The molecule has 1 aromatic heterocycles. The Balaban J connectivity index is 2.00. The predicted molar refractivity (Wildman–Crippen MR) is 74.7 cm³/mol. The van der Waals surface area contributed by atoms with Crippen molar-refractivity contribution < 1.29 is 4.42 Å². The molecule has 3 atom stereocenters. The van der Waals surface area contributed by atoms with Crippen LogP contribution in [0.5, 0.6) is 0 Å². The molecule has 3 heteroatoms. The standard InChI is InChI=1S/C15H26N2O/c1-5-11(2)14-10-17(9-8-16-14)13(4)15-7-6-12(3)18-15/h6-7,11,13-14,16H,5,8-10H2,1-4H3. The van der Waals surface area contributed by atoms with E-state index in [-0.39, 0.29) is 0 Å². The Morgan fingerprint density at radius 3 is 2.83 bits per heavy atom. The second-order valence-corrected chi connectivity index (χ2v) is 5.57. The van der Waals surface area contributed by atoms with Gasteiger partial charge >= 0.3 is 0 Å². The van der Waals surface area contributed by atoms with Gasteiger partial charge in [-0.25, -0.2) is 0 Å². The van der Waals surface area contributed by atoms with Crippen LogP contribution in [0.1, 0.15) is 44.8 Å². The molecule has 0 aliphatic carbocycles. The number of furan rings is 1. The largest absolute Gasteiger partial charge is 0.465 e. The van der Waals surface area contributed by atoms with Crippen molar-refractivity contribution in [2.45, 2.75) is 46.2 Å². The smallest absolute Gasteiger partial charge is 0.121 e. The van der Waals surface area contributed by atoms with Crippen molar-refractivity contribution in [3.8, 4) is 0 Å². The van der Waals surface area contributed by atoms with Crippen LogP contribution in [0.15, 0.2) is 16.5 Å². The van der Waals surface area contributed by atoms with Gasteiger partial charge in [-0.1, -0.05) is 20.3 Å². The summed E-state index contributed by atoms with van der Waals surface area (Å²) in [6, 6.07) is 5.16. The first-order chi connectivity index (χ1) is 8.61. The van der Waals surface area contributed by atoms with E-state index >= 15 is 0 Å². The van der Waals surface area contributed by atoms with Gasteiger partial charge in [-0.05, 0) is 31.9 Å². The molecule has 1 saturated heterocycles. The van der Waals surface area contributed by atoms with Gasteiger partial charge in [0.2, 0.25) is 0 Å². The van der Waals surface area contributed by atoms with Crippen molar-refractivity contribution in [2.75, 3.05) is 19.6 Å². The molecule has 0 bridgehead atoms. The number of rotatable bonds is 4. The Labute approximate surface area is 111 Å². The lowest BCUT2D eigenvalue weighted by Gasteiger charge is -2.39. The molecule has 3 unspecified atom stereocenters. The average Bonchev–Trinajstić information content (AvgIpc) is 2.83. The van der Waals surface area contributed by atoms with E-state index in [0.717, 1.165) is 37.1 Å². The highest BCUT2D eigenvalue weighted by Crippen LogP contribution is 2.24. The van der Waals surface area contributed by atoms with E-state index in [1.807, 2.05) is 6.92 Å². The van der Waals surface area contributed by atoms with E-state index in [1.165, 1.54) is 6.42 Å². The summed E-state index contributed by atoms with van der Waals surface area (Å²) >= 11 is 0. The Morgan fingerprint density at radius 2 is 2.22 bits per heavy atom. The Hall–Kier alpha value is -0.800. The van der Waals surface area contributed by atoms with Crippen molar-refractivity contribution in [1.82, 2.24) is 10.2 Å². The summed E-state index contributed by atoms with van der Waals surface area (Å²) in [7, 11) is 0. The zero-order chi connectivity index (χ0) is 13.1. The molecule has 1 aromatic rings.